The summed E-state index contributed by atoms with van der Waals surface area (Å²) in [4.78, 5) is 24.5. The summed E-state index contributed by atoms with van der Waals surface area (Å²) in [6.45, 7) is 1.70. The molecule has 6 rings (SSSR count). The average molecular weight is 580 g/mol. The standard InChI is InChI=1S/C32H36F3N5O2/c1-42-27-11-9-24(10-12-27)21-40-29(41)39(26-19-36-28(37-20-26)32(33,34)35)22-30(40)14-16-31(17-15-30,25-5-3-2-4-6-25)38-18-13-23-7-8-23/h2-6,9-12,19-20,23,38H,7-8,13-18,21-22H2,1H3. The first-order chi connectivity index (χ1) is 20.2. The van der Waals surface area contributed by atoms with Gasteiger partial charge in [-0.2, -0.15) is 13.2 Å². The molecule has 2 amide bonds. The van der Waals surface area contributed by atoms with E-state index in [1.807, 2.05) is 35.2 Å². The number of urea groups is 1. The zero-order chi connectivity index (χ0) is 29.4. The third-order valence-corrected chi connectivity index (χ3v) is 9.26. The van der Waals surface area contributed by atoms with Gasteiger partial charge in [0.05, 0.1) is 37.3 Å². The largest absolute Gasteiger partial charge is 0.497 e. The highest BCUT2D eigenvalue weighted by Crippen LogP contribution is 2.48. The Morgan fingerprint density at radius 3 is 2.24 bits per heavy atom. The van der Waals surface area contributed by atoms with Crippen molar-refractivity contribution in [1.29, 1.82) is 0 Å². The van der Waals surface area contributed by atoms with E-state index in [0.717, 1.165) is 61.9 Å². The summed E-state index contributed by atoms with van der Waals surface area (Å²) >= 11 is 0. The van der Waals surface area contributed by atoms with Crippen LogP contribution in [0.25, 0.3) is 0 Å². The van der Waals surface area contributed by atoms with Crippen LogP contribution in [-0.2, 0) is 18.3 Å². The van der Waals surface area contributed by atoms with E-state index >= 15 is 0 Å². The lowest BCUT2D eigenvalue weighted by Gasteiger charge is -2.48. The van der Waals surface area contributed by atoms with Crippen molar-refractivity contribution in [3.63, 3.8) is 0 Å². The van der Waals surface area contributed by atoms with Gasteiger partial charge >= 0.3 is 12.2 Å². The van der Waals surface area contributed by atoms with Crippen LogP contribution in [0, 0.1) is 5.92 Å². The summed E-state index contributed by atoms with van der Waals surface area (Å²) in [5, 5.41) is 3.92. The van der Waals surface area contributed by atoms with Crippen molar-refractivity contribution in [2.45, 2.75) is 68.7 Å². The number of hydrogen-bond donors (Lipinski definition) is 1. The second-order valence-electron chi connectivity index (χ2n) is 11.9. The summed E-state index contributed by atoms with van der Waals surface area (Å²) in [6, 6.07) is 17.9. The number of halogens is 3. The number of anilines is 1. The molecular formula is C32H36F3N5O2. The van der Waals surface area contributed by atoms with Gasteiger partial charge in [0.1, 0.15) is 5.75 Å². The Bertz CT molecular complexity index is 1370. The van der Waals surface area contributed by atoms with E-state index < -0.39 is 17.5 Å². The number of rotatable bonds is 9. The van der Waals surface area contributed by atoms with Gasteiger partial charge in [0.25, 0.3) is 0 Å². The molecule has 3 fully saturated rings. The van der Waals surface area contributed by atoms with E-state index in [1.165, 1.54) is 24.8 Å². The Morgan fingerprint density at radius 2 is 1.64 bits per heavy atom. The Labute approximate surface area is 244 Å². The van der Waals surface area contributed by atoms with Crippen LogP contribution in [0.5, 0.6) is 5.75 Å². The molecule has 2 heterocycles. The van der Waals surface area contributed by atoms with Crippen molar-refractivity contribution >= 4 is 11.7 Å². The maximum Gasteiger partial charge on any atom is 0.451 e. The minimum atomic E-state index is -4.65. The van der Waals surface area contributed by atoms with Gasteiger partial charge in [-0.25, -0.2) is 14.8 Å². The van der Waals surface area contributed by atoms with Crippen molar-refractivity contribution in [2.24, 2.45) is 5.92 Å². The summed E-state index contributed by atoms with van der Waals surface area (Å²) < 4.78 is 44.7. The molecule has 0 unspecified atom stereocenters. The summed E-state index contributed by atoms with van der Waals surface area (Å²) in [5.74, 6) is 0.338. The third kappa shape index (κ3) is 5.69. The van der Waals surface area contributed by atoms with Crippen LogP contribution in [0.2, 0.25) is 0 Å². The molecule has 7 nitrogen and oxygen atoms in total. The van der Waals surface area contributed by atoms with Gasteiger partial charge in [-0.3, -0.25) is 4.90 Å². The zero-order valence-corrected chi connectivity index (χ0v) is 23.7. The molecule has 1 aliphatic heterocycles. The number of nitrogens with one attached hydrogen (secondary N) is 1. The number of aromatic nitrogens is 2. The van der Waals surface area contributed by atoms with Gasteiger partial charge < -0.3 is 15.0 Å². The number of carbonyl (C=O) groups is 1. The normalized spacial score (nSPS) is 24.4. The van der Waals surface area contributed by atoms with Crippen molar-refractivity contribution < 1.29 is 22.7 Å². The fourth-order valence-electron chi connectivity index (χ4n) is 6.57. The summed E-state index contributed by atoms with van der Waals surface area (Å²) in [6.07, 6.45) is 4.54. The monoisotopic (exact) mass is 579 g/mol. The molecule has 2 aromatic carbocycles. The van der Waals surface area contributed by atoms with Crippen molar-refractivity contribution in [3.8, 4) is 5.75 Å². The predicted molar refractivity (Wildman–Crippen MR) is 153 cm³/mol. The number of amides is 2. The molecule has 0 atom stereocenters. The van der Waals surface area contributed by atoms with Crippen LogP contribution < -0.4 is 15.0 Å². The molecule has 1 aromatic heterocycles. The molecule has 3 aliphatic rings. The lowest BCUT2D eigenvalue weighted by molar-refractivity contribution is -0.144. The Morgan fingerprint density at radius 1 is 0.976 bits per heavy atom. The second-order valence-corrected chi connectivity index (χ2v) is 11.9. The number of nitrogens with zero attached hydrogens (tertiary/aromatic N) is 4. The van der Waals surface area contributed by atoms with E-state index in [0.29, 0.717) is 13.1 Å². The number of methoxy groups -OCH3 is 1. The molecule has 1 saturated heterocycles. The number of hydrogen-bond acceptors (Lipinski definition) is 5. The lowest BCUT2D eigenvalue weighted by Crippen LogP contribution is -2.55. The first-order valence-electron chi connectivity index (χ1n) is 14.6. The lowest BCUT2D eigenvalue weighted by atomic mass is 9.68. The number of benzene rings is 2. The quantitative estimate of drug-likeness (QED) is 0.312. The number of alkyl halides is 3. The molecule has 2 aliphatic carbocycles. The van der Waals surface area contributed by atoms with Crippen LogP contribution in [0.1, 0.15) is 61.9 Å². The van der Waals surface area contributed by atoms with E-state index in [1.54, 1.807) is 12.0 Å². The highest BCUT2D eigenvalue weighted by atomic mass is 19.4. The Hall–Kier alpha value is -3.66. The van der Waals surface area contributed by atoms with Crippen LogP contribution in [0.15, 0.2) is 67.0 Å². The molecule has 1 spiro atoms. The maximum atomic E-state index is 14.0. The fourth-order valence-corrected chi connectivity index (χ4v) is 6.57. The van der Waals surface area contributed by atoms with Gasteiger partial charge in [0.2, 0.25) is 5.82 Å². The second kappa shape index (κ2) is 11.2. The van der Waals surface area contributed by atoms with E-state index in [4.69, 9.17) is 4.74 Å². The van der Waals surface area contributed by atoms with Crippen LogP contribution >= 0.6 is 0 Å². The van der Waals surface area contributed by atoms with Gasteiger partial charge in [0.15, 0.2) is 0 Å². The summed E-state index contributed by atoms with van der Waals surface area (Å²) in [7, 11) is 1.61. The minimum Gasteiger partial charge on any atom is -0.497 e. The van der Waals surface area contributed by atoms with Crippen LogP contribution in [-0.4, -0.2) is 46.6 Å². The maximum absolute atomic E-state index is 14.0. The van der Waals surface area contributed by atoms with Crippen molar-refractivity contribution in [1.82, 2.24) is 20.2 Å². The topological polar surface area (TPSA) is 70.6 Å². The first-order valence-corrected chi connectivity index (χ1v) is 14.6. The molecule has 0 radical (unpaired) electrons. The van der Waals surface area contributed by atoms with Crippen LogP contribution in [0.4, 0.5) is 23.7 Å². The zero-order valence-electron chi connectivity index (χ0n) is 23.7. The van der Waals surface area contributed by atoms with E-state index in [9.17, 15) is 18.0 Å². The molecule has 0 bridgehead atoms. The first kappa shape index (κ1) is 28.5. The molecule has 1 N–H and O–H groups in total. The van der Waals surface area contributed by atoms with Crippen LogP contribution in [0.3, 0.4) is 0 Å². The highest BCUT2D eigenvalue weighted by molar-refractivity contribution is 5.95. The van der Waals surface area contributed by atoms with Crippen molar-refractivity contribution in [2.75, 3.05) is 25.1 Å². The summed E-state index contributed by atoms with van der Waals surface area (Å²) in [5.41, 5.74) is 1.80. The van der Waals surface area contributed by atoms with Crippen molar-refractivity contribution in [3.05, 3.63) is 83.9 Å². The van der Waals surface area contributed by atoms with E-state index in [-0.39, 0.29) is 17.3 Å². The molecule has 2 saturated carbocycles. The molecule has 3 aromatic rings. The van der Waals surface area contributed by atoms with Gasteiger partial charge in [0, 0.05) is 12.1 Å². The fraction of sp³-hybridized carbons (Fsp3) is 0.469. The van der Waals surface area contributed by atoms with E-state index in [2.05, 4.69) is 39.6 Å². The Balaban J connectivity index is 1.29. The number of ether oxygens (including phenoxy) is 1. The predicted octanol–water partition coefficient (Wildman–Crippen LogP) is 6.54. The van der Waals surface area contributed by atoms with Gasteiger partial charge in [-0.05, 0) is 67.8 Å². The number of carbonyl (C=O) groups excluding carboxylic acids is 1. The molecule has 222 valence electrons. The molecular weight excluding hydrogens is 543 g/mol. The highest BCUT2D eigenvalue weighted by Gasteiger charge is 2.54. The SMILES string of the molecule is COc1ccc(CN2C(=O)N(c3cnc(C(F)(F)F)nc3)CC23CCC(NCCC2CC2)(c2ccccc2)CC3)cc1. The molecule has 10 heteroatoms. The minimum absolute atomic E-state index is 0.193. The third-order valence-electron chi connectivity index (χ3n) is 9.26. The van der Waals surface area contributed by atoms with Gasteiger partial charge in [-0.1, -0.05) is 55.3 Å². The average Bonchev–Trinajstić information content (AvgIpc) is 3.80. The Kier molecular flexibility index (Phi) is 7.59. The molecule has 42 heavy (non-hydrogen) atoms. The smallest absolute Gasteiger partial charge is 0.451 e. The van der Waals surface area contributed by atoms with Gasteiger partial charge in [-0.15, -0.1) is 0 Å².